The Bertz CT molecular complexity index is 691. The van der Waals surface area contributed by atoms with Crippen LogP contribution in [0.1, 0.15) is 33.8 Å². The van der Waals surface area contributed by atoms with Crippen LogP contribution in [0, 0.1) is 5.92 Å². The number of amides is 2. The van der Waals surface area contributed by atoms with Crippen LogP contribution in [0.5, 0.6) is 0 Å². The van der Waals surface area contributed by atoms with Gasteiger partial charge in [-0.25, -0.2) is 0 Å². The molecule has 2 heterocycles. The molecule has 1 atom stereocenters. The normalized spacial score (nSPS) is 17.2. The van der Waals surface area contributed by atoms with Gasteiger partial charge in [-0.05, 0) is 62.2 Å². The minimum Gasteiger partial charge on any atom is -0.459 e. The molecule has 1 aromatic heterocycles. The summed E-state index contributed by atoms with van der Waals surface area (Å²) in [6.07, 6.45) is 3.72. The first-order chi connectivity index (χ1) is 11.7. The Hall–Kier alpha value is -2.60. The largest absolute Gasteiger partial charge is 0.459 e. The highest BCUT2D eigenvalue weighted by atomic mass is 16.3. The van der Waals surface area contributed by atoms with E-state index in [2.05, 4.69) is 16.0 Å². The van der Waals surface area contributed by atoms with Crippen molar-refractivity contribution in [3.05, 3.63) is 54.0 Å². The molecule has 1 aromatic carbocycles. The molecule has 2 amide bonds. The summed E-state index contributed by atoms with van der Waals surface area (Å²) in [6, 6.07) is 10.1. The molecule has 3 rings (SSSR count). The molecule has 0 bridgehead atoms. The Balaban J connectivity index is 1.57. The van der Waals surface area contributed by atoms with Crippen molar-refractivity contribution >= 4 is 17.5 Å². The molecule has 0 radical (unpaired) electrons. The van der Waals surface area contributed by atoms with Gasteiger partial charge in [0.25, 0.3) is 11.8 Å². The van der Waals surface area contributed by atoms with E-state index in [-0.39, 0.29) is 17.6 Å². The zero-order chi connectivity index (χ0) is 16.8. The second-order valence-corrected chi connectivity index (χ2v) is 5.93. The smallest absolute Gasteiger partial charge is 0.291 e. The third kappa shape index (κ3) is 4.23. The maximum Gasteiger partial charge on any atom is 0.291 e. The monoisotopic (exact) mass is 327 g/mol. The number of furan rings is 1. The highest BCUT2D eigenvalue weighted by molar-refractivity contribution is 6.03. The van der Waals surface area contributed by atoms with Gasteiger partial charge in [0.15, 0.2) is 5.76 Å². The van der Waals surface area contributed by atoms with Crippen molar-refractivity contribution in [2.45, 2.75) is 12.8 Å². The van der Waals surface area contributed by atoms with Crippen molar-refractivity contribution in [2.75, 3.05) is 25.0 Å². The quantitative estimate of drug-likeness (QED) is 0.786. The van der Waals surface area contributed by atoms with Gasteiger partial charge in [-0.15, -0.1) is 0 Å². The molecular weight excluding hydrogens is 306 g/mol. The summed E-state index contributed by atoms with van der Waals surface area (Å²) in [6.45, 7) is 2.66. The molecule has 24 heavy (non-hydrogen) atoms. The van der Waals surface area contributed by atoms with Crippen molar-refractivity contribution in [1.29, 1.82) is 0 Å². The lowest BCUT2D eigenvalue weighted by Crippen LogP contribution is -2.38. The summed E-state index contributed by atoms with van der Waals surface area (Å²) in [5.74, 6) is 0.236. The standard InChI is InChI=1S/C18H21N3O3/c22-17(20-12-13-4-2-8-19-11-13)14-5-1-6-15(10-14)21-18(23)16-7-3-9-24-16/h1,3,5-7,9-10,13,19H,2,4,8,11-12H2,(H,20,22)(H,21,23). The van der Waals surface area contributed by atoms with E-state index in [1.54, 1.807) is 36.4 Å². The first-order valence-electron chi connectivity index (χ1n) is 8.16. The van der Waals surface area contributed by atoms with E-state index in [4.69, 9.17) is 4.42 Å². The molecule has 1 aliphatic heterocycles. The summed E-state index contributed by atoms with van der Waals surface area (Å²) in [5, 5.41) is 9.02. The Morgan fingerprint density at radius 3 is 2.88 bits per heavy atom. The number of hydrogen-bond donors (Lipinski definition) is 3. The van der Waals surface area contributed by atoms with Crippen molar-refractivity contribution in [3.8, 4) is 0 Å². The summed E-state index contributed by atoms with van der Waals surface area (Å²) >= 11 is 0. The summed E-state index contributed by atoms with van der Waals surface area (Å²) in [5.41, 5.74) is 1.08. The first-order valence-corrected chi connectivity index (χ1v) is 8.16. The Kier molecular flexibility index (Phi) is 5.28. The maximum atomic E-state index is 12.3. The average molecular weight is 327 g/mol. The van der Waals surface area contributed by atoms with Gasteiger partial charge >= 0.3 is 0 Å². The SMILES string of the molecule is O=C(NCC1CCCNC1)c1cccc(NC(=O)c2ccco2)c1. The molecule has 6 nitrogen and oxygen atoms in total. The Morgan fingerprint density at radius 2 is 2.12 bits per heavy atom. The number of piperidine rings is 1. The van der Waals surface area contributed by atoms with Crippen LogP contribution >= 0.6 is 0 Å². The molecule has 1 fully saturated rings. The molecule has 3 N–H and O–H groups in total. The molecule has 0 aliphatic carbocycles. The van der Waals surface area contributed by atoms with Crippen LogP contribution in [0.25, 0.3) is 0 Å². The zero-order valence-electron chi connectivity index (χ0n) is 13.4. The van der Waals surface area contributed by atoms with Gasteiger partial charge in [0.05, 0.1) is 6.26 Å². The zero-order valence-corrected chi connectivity index (χ0v) is 13.4. The molecule has 0 spiro atoms. The highest BCUT2D eigenvalue weighted by Crippen LogP contribution is 2.13. The fourth-order valence-corrected chi connectivity index (χ4v) is 2.78. The molecule has 6 heteroatoms. The lowest BCUT2D eigenvalue weighted by Gasteiger charge is -2.22. The van der Waals surface area contributed by atoms with Crippen LogP contribution < -0.4 is 16.0 Å². The Morgan fingerprint density at radius 1 is 1.21 bits per heavy atom. The minimum atomic E-state index is -0.342. The second-order valence-electron chi connectivity index (χ2n) is 5.93. The third-order valence-corrected chi connectivity index (χ3v) is 4.08. The fourth-order valence-electron chi connectivity index (χ4n) is 2.78. The number of carbonyl (C=O) groups is 2. The molecule has 2 aromatic rings. The maximum absolute atomic E-state index is 12.3. The molecule has 0 saturated carbocycles. The van der Waals surface area contributed by atoms with Crippen molar-refractivity contribution in [1.82, 2.24) is 10.6 Å². The van der Waals surface area contributed by atoms with Crippen LogP contribution in [0.3, 0.4) is 0 Å². The number of rotatable bonds is 5. The Labute approximate surface area is 140 Å². The van der Waals surface area contributed by atoms with Crippen LogP contribution in [0.4, 0.5) is 5.69 Å². The number of anilines is 1. The van der Waals surface area contributed by atoms with E-state index >= 15 is 0 Å². The van der Waals surface area contributed by atoms with Crippen molar-refractivity contribution in [2.24, 2.45) is 5.92 Å². The predicted molar refractivity (Wildman–Crippen MR) is 91.0 cm³/mol. The first kappa shape index (κ1) is 16.3. The number of nitrogens with one attached hydrogen (secondary N) is 3. The van der Waals surface area contributed by atoms with Crippen LogP contribution in [0.15, 0.2) is 47.1 Å². The van der Waals surface area contributed by atoms with Gasteiger partial charge in [-0.3, -0.25) is 9.59 Å². The van der Waals surface area contributed by atoms with E-state index in [0.717, 1.165) is 25.9 Å². The van der Waals surface area contributed by atoms with Gasteiger partial charge in [0.2, 0.25) is 0 Å². The van der Waals surface area contributed by atoms with Crippen molar-refractivity contribution in [3.63, 3.8) is 0 Å². The van der Waals surface area contributed by atoms with E-state index in [0.29, 0.717) is 23.7 Å². The molecule has 1 saturated heterocycles. The van der Waals surface area contributed by atoms with Gasteiger partial charge in [0, 0.05) is 17.8 Å². The predicted octanol–water partition coefficient (Wildman–Crippen LogP) is 2.26. The summed E-state index contributed by atoms with van der Waals surface area (Å²) in [7, 11) is 0. The number of benzene rings is 1. The lowest BCUT2D eigenvalue weighted by atomic mass is 9.99. The van der Waals surface area contributed by atoms with Crippen LogP contribution in [-0.2, 0) is 0 Å². The summed E-state index contributed by atoms with van der Waals surface area (Å²) < 4.78 is 5.05. The highest BCUT2D eigenvalue weighted by Gasteiger charge is 2.15. The molecule has 1 aliphatic rings. The number of hydrogen-bond acceptors (Lipinski definition) is 4. The average Bonchev–Trinajstić information content (AvgIpc) is 3.15. The van der Waals surface area contributed by atoms with Gasteiger partial charge in [0.1, 0.15) is 0 Å². The second kappa shape index (κ2) is 7.79. The van der Waals surface area contributed by atoms with Gasteiger partial charge in [-0.2, -0.15) is 0 Å². The fraction of sp³-hybridized carbons (Fsp3) is 0.333. The van der Waals surface area contributed by atoms with Crippen LogP contribution in [-0.4, -0.2) is 31.4 Å². The molecule has 126 valence electrons. The van der Waals surface area contributed by atoms with E-state index in [1.165, 1.54) is 6.26 Å². The topological polar surface area (TPSA) is 83.4 Å². The van der Waals surface area contributed by atoms with Crippen molar-refractivity contribution < 1.29 is 14.0 Å². The molecule has 1 unspecified atom stereocenters. The van der Waals surface area contributed by atoms with E-state index < -0.39 is 0 Å². The minimum absolute atomic E-state index is 0.130. The van der Waals surface area contributed by atoms with E-state index in [1.807, 2.05) is 0 Å². The number of carbonyl (C=O) groups excluding carboxylic acids is 2. The summed E-state index contributed by atoms with van der Waals surface area (Å²) in [4.78, 5) is 24.3. The molecular formula is C18H21N3O3. The van der Waals surface area contributed by atoms with Gasteiger partial charge < -0.3 is 20.4 Å². The van der Waals surface area contributed by atoms with E-state index in [9.17, 15) is 9.59 Å². The third-order valence-electron chi connectivity index (χ3n) is 4.08. The van der Waals surface area contributed by atoms with Crippen LogP contribution in [0.2, 0.25) is 0 Å². The van der Waals surface area contributed by atoms with Gasteiger partial charge in [-0.1, -0.05) is 6.07 Å². The lowest BCUT2D eigenvalue weighted by molar-refractivity contribution is 0.0943.